The van der Waals surface area contributed by atoms with Crippen LogP contribution in [0.25, 0.3) is 0 Å². The normalized spacial score (nSPS) is 21.2. The summed E-state index contributed by atoms with van der Waals surface area (Å²) in [5.41, 5.74) is 1.30. The quantitative estimate of drug-likeness (QED) is 0.715. The van der Waals surface area contributed by atoms with E-state index in [1.807, 2.05) is 17.9 Å². The Hall–Kier alpha value is -0.870. The zero-order valence-electron chi connectivity index (χ0n) is 10.1. The van der Waals surface area contributed by atoms with Gasteiger partial charge in [0.15, 0.2) is 0 Å². The first kappa shape index (κ1) is 11.6. The van der Waals surface area contributed by atoms with Crippen LogP contribution in [0.1, 0.15) is 18.5 Å². The highest BCUT2D eigenvalue weighted by molar-refractivity contribution is 5.00. The molecule has 16 heavy (non-hydrogen) atoms. The molecule has 90 valence electrons. The lowest BCUT2D eigenvalue weighted by Gasteiger charge is -2.22. The summed E-state index contributed by atoms with van der Waals surface area (Å²) in [7, 11) is 2.00. The molecule has 0 saturated carbocycles. The Morgan fingerprint density at radius 3 is 3.25 bits per heavy atom. The van der Waals surface area contributed by atoms with Gasteiger partial charge in [-0.3, -0.25) is 4.68 Å². The molecule has 0 aliphatic carbocycles. The third kappa shape index (κ3) is 3.32. The van der Waals surface area contributed by atoms with Gasteiger partial charge < -0.3 is 10.6 Å². The number of nitrogens with zero attached hydrogens (tertiary/aromatic N) is 2. The van der Waals surface area contributed by atoms with Gasteiger partial charge >= 0.3 is 0 Å². The Labute approximate surface area is 97.4 Å². The molecule has 1 aromatic heterocycles. The van der Waals surface area contributed by atoms with Crippen LogP contribution >= 0.6 is 0 Å². The topological polar surface area (TPSA) is 41.9 Å². The van der Waals surface area contributed by atoms with Crippen molar-refractivity contribution in [2.75, 3.05) is 26.2 Å². The van der Waals surface area contributed by atoms with Crippen molar-refractivity contribution in [1.82, 2.24) is 20.4 Å². The number of hydrogen-bond donors (Lipinski definition) is 2. The minimum absolute atomic E-state index is 0.820. The van der Waals surface area contributed by atoms with Gasteiger partial charge in [0.1, 0.15) is 0 Å². The van der Waals surface area contributed by atoms with Crippen molar-refractivity contribution >= 4 is 0 Å². The fraction of sp³-hybridized carbons (Fsp3) is 0.750. The smallest absolute Gasteiger partial charge is 0.0492 e. The summed E-state index contributed by atoms with van der Waals surface area (Å²) < 4.78 is 1.95. The Kier molecular flexibility index (Phi) is 4.36. The Morgan fingerprint density at radius 2 is 2.56 bits per heavy atom. The van der Waals surface area contributed by atoms with E-state index >= 15 is 0 Å². The summed E-state index contributed by atoms with van der Waals surface area (Å²) in [5.74, 6) is 0.820. The highest BCUT2D eigenvalue weighted by Gasteiger charge is 2.11. The summed E-state index contributed by atoms with van der Waals surface area (Å²) >= 11 is 0. The van der Waals surface area contributed by atoms with E-state index in [2.05, 4.69) is 21.8 Å². The molecule has 1 aliphatic rings. The van der Waals surface area contributed by atoms with Crippen molar-refractivity contribution < 1.29 is 0 Å². The third-order valence-corrected chi connectivity index (χ3v) is 3.31. The standard InChI is InChI=1S/C12H22N4/c1-16-12(5-8-15-16)4-7-14-10-11-3-2-6-13-9-11/h5,8,11,13-14H,2-4,6-7,9-10H2,1H3. The van der Waals surface area contributed by atoms with Gasteiger partial charge in [0.2, 0.25) is 0 Å². The van der Waals surface area contributed by atoms with Crippen LogP contribution in [0.4, 0.5) is 0 Å². The predicted molar refractivity (Wildman–Crippen MR) is 65.4 cm³/mol. The van der Waals surface area contributed by atoms with E-state index < -0.39 is 0 Å². The Bertz CT molecular complexity index is 302. The van der Waals surface area contributed by atoms with Gasteiger partial charge in [-0.15, -0.1) is 0 Å². The monoisotopic (exact) mass is 222 g/mol. The van der Waals surface area contributed by atoms with Gasteiger partial charge in [0.25, 0.3) is 0 Å². The first-order valence-corrected chi connectivity index (χ1v) is 6.24. The molecule has 1 saturated heterocycles. The molecule has 4 nitrogen and oxygen atoms in total. The molecule has 1 atom stereocenters. The van der Waals surface area contributed by atoms with Crippen LogP contribution in [-0.2, 0) is 13.5 Å². The van der Waals surface area contributed by atoms with Crippen LogP contribution in [0.15, 0.2) is 12.3 Å². The van der Waals surface area contributed by atoms with Gasteiger partial charge in [0, 0.05) is 31.9 Å². The van der Waals surface area contributed by atoms with E-state index in [-0.39, 0.29) is 0 Å². The molecule has 1 fully saturated rings. The molecule has 0 aromatic carbocycles. The average molecular weight is 222 g/mol. The minimum Gasteiger partial charge on any atom is -0.316 e. The second kappa shape index (κ2) is 6.01. The molecular formula is C12H22N4. The summed E-state index contributed by atoms with van der Waals surface area (Å²) in [6.07, 6.45) is 5.62. The fourth-order valence-corrected chi connectivity index (χ4v) is 2.27. The molecule has 2 heterocycles. The number of nitrogens with one attached hydrogen (secondary N) is 2. The summed E-state index contributed by atoms with van der Waals surface area (Å²) in [6, 6.07) is 2.09. The van der Waals surface area contributed by atoms with Gasteiger partial charge in [0.05, 0.1) is 0 Å². The molecule has 0 radical (unpaired) electrons. The van der Waals surface area contributed by atoms with Crippen molar-refractivity contribution in [3.05, 3.63) is 18.0 Å². The third-order valence-electron chi connectivity index (χ3n) is 3.31. The van der Waals surface area contributed by atoms with Crippen molar-refractivity contribution in [3.8, 4) is 0 Å². The summed E-state index contributed by atoms with van der Waals surface area (Å²) in [6.45, 7) is 4.57. The minimum atomic E-state index is 0.820. The van der Waals surface area contributed by atoms with E-state index in [0.717, 1.165) is 25.4 Å². The average Bonchev–Trinajstić information content (AvgIpc) is 2.72. The maximum Gasteiger partial charge on any atom is 0.0492 e. The second-order valence-corrected chi connectivity index (χ2v) is 4.61. The number of hydrogen-bond acceptors (Lipinski definition) is 3. The number of rotatable bonds is 5. The van der Waals surface area contributed by atoms with Gasteiger partial charge in [-0.25, -0.2) is 0 Å². The van der Waals surface area contributed by atoms with Crippen LogP contribution in [0.2, 0.25) is 0 Å². The second-order valence-electron chi connectivity index (χ2n) is 4.61. The van der Waals surface area contributed by atoms with E-state index in [1.54, 1.807) is 0 Å². The zero-order chi connectivity index (χ0) is 11.2. The molecule has 2 rings (SSSR count). The molecule has 1 aliphatic heterocycles. The number of aryl methyl sites for hydroxylation is 1. The maximum absolute atomic E-state index is 4.16. The zero-order valence-corrected chi connectivity index (χ0v) is 10.1. The highest BCUT2D eigenvalue weighted by Crippen LogP contribution is 2.08. The van der Waals surface area contributed by atoms with Gasteiger partial charge in [-0.1, -0.05) is 0 Å². The Balaban J connectivity index is 1.59. The molecule has 1 aromatic rings. The largest absolute Gasteiger partial charge is 0.316 e. The SMILES string of the molecule is Cn1nccc1CCNCC1CCCNC1. The van der Waals surface area contributed by atoms with Crippen molar-refractivity contribution in [1.29, 1.82) is 0 Å². The molecular weight excluding hydrogens is 200 g/mol. The first-order chi connectivity index (χ1) is 7.86. The fourth-order valence-electron chi connectivity index (χ4n) is 2.27. The van der Waals surface area contributed by atoms with E-state index in [1.165, 1.54) is 31.6 Å². The van der Waals surface area contributed by atoms with Crippen LogP contribution in [0.5, 0.6) is 0 Å². The molecule has 2 N–H and O–H groups in total. The van der Waals surface area contributed by atoms with E-state index in [4.69, 9.17) is 0 Å². The highest BCUT2D eigenvalue weighted by atomic mass is 15.3. The maximum atomic E-state index is 4.16. The van der Waals surface area contributed by atoms with Crippen molar-refractivity contribution in [2.45, 2.75) is 19.3 Å². The summed E-state index contributed by atoms with van der Waals surface area (Å²) in [4.78, 5) is 0. The molecule has 0 bridgehead atoms. The first-order valence-electron chi connectivity index (χ1n) is 6.24. The lowest BCUT2D eigenvalue weighted by atomic mass is 10.00. The van der Waals surface area contributed by atoms with Gasteiger partial charge in [-0.05, 0) is 44.5 Å². The van der Waals surface area contributed by atoms with E-state index in [0.29, 0.717) is 0 Å². The van der Waals surface area contributed by atoms with Crippen LogP contribution < -0.4 is 10.6 Å². The van der Waals surface area contributed by atoms with Crippen LogP contribution in [-0.4, -0.2) is 36.0 Å². The lowest BCUT2D eigenvalue weighted by Crippen LogP contribution is -2.36. The Morgan fingerprint density at radius 1 is 1.62 bits per heavy atom. The number of aromatic nitrogens is 2. The van der Waals surface area contributed by atoms with Crippen LogP contribution in [0, 0.1) is 5.92 Å². The molecule has 1 unspecified atom stereocenters. The number of piperidine rings is 1. The van der Waals surface area contributed by atoms with Crippen LogP contribution in [0.3, 0.4) is 0 Å². The lowest BCUT2D eigenvalue weighted by molar-refractivity contribution is 0.361. The summed E-state index contributed by atoms with van der Waals surface area (Å²) in [5, 5.41) is 11.1. The molecule has 0 amide bonds. The van der Waals surface area contributed by atoms with Gasteiger partial charge in [-0.2, -0.15) is 5.10 Å². The molecule has 4 heteroatoms. The van der Waals surface area contributed by atoms with E-state index in [9.17, 15) is 0 Å². The predicted octanol–water partition coefficient (Wildman–Crippen LogP) is 0.552. The van der Waals surface area contributed by atoms with Crippen molar-refractivity contribution in [3.63, 3.8) is 0 Å². The molecule has 0 spiro atoms. The van der Waals surface area contributed by atoms with Crippen molar-refractivity contribution in [2.24, 2.45) is 13.0 Å².